The van der Waals surface area contributed by atoms with E-state index in [9.17, 15) is 4.79 Å². The fourth-order valence-electron chi connectivity index (χ4n) is 2.83. The SMILES string of the molecule is CCn1ncc(Cl)c1C(=O)C1(CN)CCCCC1. The first-order valence-corrected chi connectivity index (χ1v) is 6.98. The first-order chi connectivity index (χ1) is 8.64. The molecule has 1 aromatic rings. The summed E-state index contributed by atoms with van der Waals surface area (Å²) in [6.07, 6.45) is 6.61. The van der Waals surface area contributed by atoms with Gasteiger partial charge in [-0.3, -0.25) is 9.48 Å². The number of carbonyl (C=O) groups is 1. The van der Waals surface area contributed by atoms with Gasteiger partial charge in [0.2, 0.25) is 0 Å². The first kappa shape index (κ1) is 13.6. The molecule has 0 bridgehead atoms. The summed E-state index contributed by atoms with van der Waals surface area (Å²) >= 11 is 6.11. The Morgan fingerprint density at radius 3 is 2.72 bits per heavy atom. The molecule has 5 heteroatoms. The maximum atomic E-state index is 12.8. The van der Waals surface area contributed by atoms with E-state index in [-0.39, 0.29) is 5.78 Å². The Balaban J connectivity index is 2.36. The number of halogens is 1. The molecule has 1 aliphatic carbocycles. The van der Waals surface area contributed by atoms with Crippen LogP contribution < -0.4 is 5.73 Å². The molecule has 0 aliphatic heterocycles. The predicted molar refractivity (Wildman–Crippen MR) is 71.8 cm³/mol. The van der Waals surface area contributed by atoms with Crippen LogP contribution in [0.2, 0.25) is 5.02 Å². The lowest BCUT2D eigenvalue weighted by molar-refractivity contribution is 0.0717. The fraction of sp³-hybridized carbons (Fsp3) is 0.692. The van der Waals surface area contributed by atoms with Gasteiger partial charge in [-0.25, -0.2) is 0 Å². The van der Waals surface area contributed by atoms with E-state index >= 15 is 0 Å². The summed E-state index contributed by atoms with van der Waals surface area (Å²) in [5.41, 5.74) is 6.01. The molecule has 100 valence electrons. The monoisotopic (exact) mass is 269 g/mol. The van der Waals surface area contributed by atoms with Gasteiger partial charge in [0.05, 0.1) is 11.2 Å². The number of ketones is 1. The summed E-state index contributed by atoms with van der Waals surface area (Å²) in [6.45, 7) is 3.00. The maximum absolute atomic E-state index is 12.8. The number of nitrogens with two attached hydrogens (primary N) is 1. The van der Waals surface area contributed by atoms with Crippen LogP contribution in [0, 0.1) is 5.41 Å². The minimum Gasteiger partial charge on any atom is -0.329 e. The van der Waals surface area contributed by atoms with Gasteiger partial charge in [-0.1, -0.05) is 30.9 Å². The Bertz CT molecular complexity index is 435. The third-order valence-electron chi connectivity index (χ3n) is 3.99. The van der Waals surface area contributed by atoms with Crippen LogP contribution in [0.15, 0.2) is 6.20 Å². The summed E-state index contributed by atoms with van der Waals surface area (Å²) in [6, 6.07) is 0. The third kappa shape index (κ3) is 2.19. The van der Waals surface area contributed by atoms with Gasteiger partial charge in [-0.15, -0.1) is 0 Å². The molecule has 1 aromatic heterocycles. The highest BCUT2D eigenvalue weighted by Crippen LogP contribution is 2.39. The summed E-state index contributed by atoms with van der Waals surface area (Å²) in [5.74, 6) is 0.0778. The number of carbonyl (C=O) groups excluding carboxylic acids is 1. The van der Waals surface area contributed by atoms with E-state index in [1.165, 1.54) is 6.42 Å². The summed E-state index contributed by atoms with van der Waals surface area (Å²) in [7, 11) is 0. The van der Waals surface area contributed by atoms with Gasteiger partial charge in [0.15, 0.2) is 5.78 Å². The summed E-state index contributed by atoms with van der Waals surface area (Å²) < 4.78 is 1.68. The van der Waals surface area contributed by atoms with Crippen LogP contribution >= 0.6 is 11.6 Å². The van der Waals surface area contributed by atoms with Gasteiger partial charge < -0.3 is 5.73 Å². The number of Topliss-reactive ketones (excluding diaryl/α,β-unsaturated/α-hetero) is 1. The van der Waals surface area contributed by atoms with Crippen molar-refractivity contribution in [3.05, 3.63) is 16.9 Å². The molecule has 2 N–H and O–H groups in total. The molecule has 18 heavy (non-hydrogen) atoms. The number of aromatic nitrogens is 2. The van der Waals surface area contributed by atoms with E-state index in [1.807, 2.05) is 6.92 Å². The lowest BCUT2D eigenvalue weighted by Crippen LogP contribution is -2.41. The molecule has 0 aromatic carbocycles. The van der Waals surface area contributed by atoms with Crippen molar-refractivity contribution in [3.63, 3.8) is 0 Å². The summed E-state index contributed by atoms with van der Waals surface area (Å²) in [5, 5.41) is 4.58. The Morgan fingerprint density at radius 2 is 2.17 bits per heavy atom. The highest BCUT2D eigenvalue weighted by Gasteiger charge is 2.40. The van der Waals surface area contributed by atoms with Crippen LogP contribution in [-0.4, -0.2) is 22.1 Å². The van der Waals surface area contributed by atoms with Gasteiger partial charge in [-0.05, 0) is 19.8 Å². The average Bonchev–Trinajstić information content (AvgIpc) is 2.79. The zero-order chi connectivity index (χ0) is 13.2. The van der Waals surface area contributed by atoms with Crippen LogP contribution in [-0.2, 0) is 6.54 Å². The minimum atomic E-state index is -0.422. The Morgan fingerprint density at radius 1 is 1.50 bits per heavy atom. The molecule has 0 atom stereocenters. The van der Waals surface area contributed by atoms with Gasteiger partial charge in [0.1, 0.15) is 5.69 Å². The molecule has 0 unspecified atom stereocenters. The van der Waals surface area contributed by atoms with Crippen molar-refractivity contribution in [1.29, 1.82) is 0 Å². The Kier molecular flexibility index (Phi) is 4.07. The number of aryl methyl sites for hydroxylation is 1. The number of rotatable bonds is 4. The number of hydrogen-bond acceptors (Lipinski definition) is 3. The van der Waals surface area contributed by atoms with Crippen molar-refractivity contribution in [2.45, 2.75) is 45.6 Å². The Hall–Kier alpha value is -0.870. The van der Waals surface area contributed by atoms with Gasteiger partial charge in [-0.2, -0.15) is 5.10 Å². The molecular formula is C13H20ClN3O. The predicted octanol–water partition coefficient (Wildman–Crippen LogP) is 2.65. The first-order valence-electron chi connectivity index (χ1n) is 6.61. The lowest BCUT2D eigenvalue weighted by atomic mass is 9.70. The van der Waals surface area contributed by atoms with Gasteiger partial charge in [0.25, 0.3) is 0 Å². The lowest BCUT2D eigenvalue weighted by Gasteiger charge is -2.34. The molecule has 0 spiro atoms. The molecule has 4 nitrogen and oxygen atoms in total. The molecule has 0 radical (unpaired) electrons. The van der Waals surface area contributed by atoms with Crippen LogP contribution in [0.4, 0.5) is 0 Å². The quantitative estimate of drug-likeness (QED) is 0.855. The standard InChI is InChI=1S/C13H20ClN3O/c1-2-17-11(10(14)8-16-17)12(18)13(9-15)6-4-3-5-7-13/h8H,2-7,9,15H2,1H3. The van der Waals surface area contributed by atoms with Crippen molar-refractivity contribution in [3.8, 4) is 0 Å². The van der Waals surface area contributed by atoms with Crippen molar-refractivity contribution in [1.82, 2.24) is 9.78 Å². The second-order valence-corrected chi connectivity index (χ2v) is 5.44. The number of hydrogen-bond donors (Lipinski definition) is 1. The van der Waals surface area contributed by atoms with Gasteiger partial charge >= 0.3 is 0 Å². The summed E-state index contributed by atoms with van der Waals surface area (Å²) in [4.78, 5) is 12.8. The largest absolute Gasteiger partial charge is 0.329 e. The topological polar surface area (TPSA) is 60.9 Å². The maximum Gasteiger partial charge on any atom is 0.189 e. The van der Waals surface area contributed by atoms with Crippen LogP contribution in [0.5, 0.6) is 0 Å². The zero-order valence-electron chi connectivity index (χ0n) is 10.8. The highest BCUT2D eigenvalue weighted by molar-refractivity contribution is 6.33. The van der Waals surface area contributed by atoms with E-state index in [4.69, 9.17) is 17.3 Å². The molecule has 1 heterocycles. The molecule has 2 rings (SSSR count). The second kappa shape index (κ2) is 5.41. The third-order valence-corrected chi connectivity index (χ3v) is 4.27. The van der Waals surface area contributed by atoms with Crippen LogP contribution in [0.25, 0.3) is 0 Å². The normalized spacial score (nSPS) is 18.8. The van der Waals surface area contributed by atoms with Crippen molar-refractivity contribution in [2.75, 3.05) is 6.54 Å². The van der Waals surface area contributed by atoms with Crippen LogP contribution in [0.3, 0.4) is 0 Å². The Labute approximate surface area is 112 Å². The van der Waals surface area contributed by atoms with E-state index < -0.39 is 5.41 Å². The van der Waals surface area contributed by atoms with E-state index in [2.05, 4.69) is 5.10 Å². The highest BCUT2D eigenvalue weighted by atomic mass is 35.5. The van der Waals surface area contributed by atoms with Crippen LogP contribution in [0.1, 0.15) is 49.5 Å². The molecular weight excluding hydrogens is 250 g/mol. The second-order valence-electron chi connectivity index (χ2n) is 5.03. The smallest absolute Gasteiger partial charge is 0.189 e. The van der Waals surface area contributed by atoms with Crippen molar-refractivity contribution < 1.29 is 4.79 Å². The number of nitrogens with zero attached hydrogens (tertiary/aromatic N) is 2. The average molecular weight is 270 g/mol. The van der Waals surface area contributed by atoms with Gasteiger partial charge in [0, 0.05) is 18.5 Å². The molecule has 1 saturated carbocycles. The van der Waals surface area contributed by atoms with E-state index in [1.54, 1.807) is 10.9 Å². The molecule has 0 amide bonds. The van der Waals surface area contributed by atoms with E-state index in [0.717, 1.165) is 25.7 Å². The fourth-order valence-corrected chi connectivity index (χ4v) is 3.06. The van der Waals surface area contributed by atoms with Crippen molar-refractivity contribution >= 4 is 17.4 Å². The van der Waals surface area contributed by atoms with E-state index in [0.29, 0.717) is 23.8 Å². The molecule has 1 aliphatic rings. The molecule has 0 saturated heterocycles. The molecule has 1 fully saturated rings. The van der Waals surface area contributed by atoms with Crippen molar-refractivity contribution in [2.24, 2.45) is 11.1 Å². The zero-order valence-corrected chi connectivity index (χ0v) is 11.5. The minimum absolute atomic E-state index is 0.0778.